The highest BCUT2D eigenvalue weighted by molar-refractivity contribution is 5.62. The Labute approximate surface area is 163 Å². The van der Waals surface area contributed by atoms with E-state index in [2.05, 4.69) is 4.98 Å². The average Bonchev–Trinajstić information content (AvgIpc) is 3.36. The highest BCUT2D eigenvalue weighted by atomic mass is 19.4. The molecular formula is C19H24F4N4O2. The first-order valence-corrected chi connectivity index (χ1v) is 9.77. The summed E-state index contributed by atoms with van der Waals surface area (Å²) < 4.78 is 57.3. The summed E-state index contributed by atoms with van der Waals surface area (Å²) in [6.07, 6.45) is -4.52. The van der Waals surface area contributed by atoms with Gasteiger partial charge in [0, 0.05) is 19.1 Å². The fourth-order valence-corrected chi connectivity index (χ4v) is 4.92. The van der Waals surface area contributed by atoms with E-state index in [0.717, 1.165) is 12.8 Å². The van der Waals surface area contributed by atoms with E-state index in [9.17, 15) is 22.8 Å². The monoisotopic (exact) mass is 416 g/mol. The van der Waals surface area contributed by atoms with Crippen molar-refractivity contribution in [3.63, 3.8) is 0 Å². The summed E-state index contributed by atoms with van der Waals surface area (Å²) in [6.45, 7) is 2.60. The molecule has 0 amide bonds. The molecule has 1 aromatic rings. The smallest absolute Gasteiger partial charge is 0.330 e. The number of hydrogen-bond donors (Lipinski definition) is 2. The van der Waals surface area contributed by atoms with Crippen molar-refractivity contribution in [2.45, 2.75) is 51.1 Å². The number of nitrogens with two attached hydrogens (primary N) is 1. The third-order valence-corrected chi connectivity index (χ3v) is 6.54. The van der Waals surface area contributed by atoms with Crippen LogP contribution in [0.25, 0.3) is 11.1 Å². The molecule has 6 nitrogen and oxygen atoms in total. The predicted molar refractivity (Wildman–Crippen MR) is 99.4 cm³/mol. The topological polar surface area (TPSA) is 84.1 Å². The summed E-state index contributed by atoms with van der Waals surface area (Å²) in [5.74, 6) is -2.44. The van der Waals surface area contributed by atoms with E-state index in [1.54, 1.807) is 6.92 Å². The van der Waals surface area contributed by atoms with Gasteiger partial charge in [0.15, 0.2) is 0 Å². The van der Waals surface area contributed by atoms with Crippen LogP contribution in [0.2, 0.25) is 0 Å². The highest BCUT2D eigenvalue weighted by Crippen LogP contribution is 2.40. The van der Waals surface area contributed by atoms with Gasteiger partial charge in [-0.2, -0.15) is 13.2 Å². The van der Waals surface area contributed by atoms with Crippen molar-refractivity contribution in [2.75, 3.05) is 19.6 Å². The van der Waals surface area contributed by atoms with Crippen LogP contribution in [0.5, 0.6) is 0 Å². The maximum atomic E-state index is 15.5. The van der Waals surface area contributed by atoms with Crippen LogP contribution in [-0.4, -0.2) is 52.5 Å². The number of nitrogens with zero attached hydrogens (tertiary/aromatic N) is 2. The van der Waals surface area contributed by atoms with E-state index >= 15 is 4.39 Å². The molecule has 29 heavy (non-hydrogen) atoms. The van der Waals surface area contributed by atoms with E-state index in [-0.39, 0.29) is 36.5 Å². The van der Waals surface area contributed by atoms with Crippen molar-refractivity contribution in [1.29, 1.82) is 0 Å². The molecule has 1 saturated heterocycles. The SMILES string of the molecule is CC1=c2c(=O)[nH]c(=O)n(C3CC3)c2=C(C)C(N2CC(CN)C(C(F)(F)F)C2)C1F. The number of rotatable bonds is 3. The molecule has 1 aromatic heterocycles. The van der Waals surface area contributed by atoms with Crippen LogP contribution < -0.4 is 27.6 Å². The number of nitrogens with one attached hydrogen (secondary N) is 1. The quantitative estimate of drug-likeness (QED) is 0.680. The minimum Gasteiger partial charge on any atom is -0.330 e. The molecule has 4 atom stereocenters. The molecule has 2 heterocycles. The zero-order valence-electron chi connectivity index (χ0n) is 16.2. The second-order valence-corrected chi connectivity index (χ2v) is 8.39. The van der Waals surface area contributed by atoms with Crippen LogP contribution in [0.15, 0.2) is 9.59 Å². The Kier molecular flexibility index (Phi) is 4.77. The molecule has 1 saturated carbocycles. The number of fused-ring (bicyclic) bond motifs is 1. The van der Waals surface area contributed by atoms with E-state index in [1.165, 1.54) is 16.4 Å². The van der Waals surface area contributed by atoms with Gasteiger partial charge in [-0.1, -0.05) is 0 Å². The number of alkyl halides is 4. The maximum absolute atomic E-state index is 15.5. The lowest BCUT2D eigenvalue weighted by atomic mass is 9.90. The molecule has 0 bridgehead atoms. The number of aromatic amines is 1. The Morgan fingerprint density at radius 2 is 1.79 bits per heavy atom. The van der Waals surface area contributed by atoms with E-state index in [0.29, 0.717) is 10.9 Å². The summed E-state index contributed by atoms with van der Waals surface area (Å²) in [4.78, 5) is 28.6. The minimum atomic E-state index is -4.42. The molecule has 4 unspecified atom stereocenters. The molecule has 10 heteroatoms. The van der Waals surface area contributed by atoms with Gasteiger partial charge in [0.05, 0.1) is 22.5 Å². The van der Waals surface area contributed by atoms with E-state index in [4.69, 9.17) is 5.73 Å². The summed E-state index contributed by atoms with van der Waals surface area (Å²) >= 11 is 0. The summed E-state index contributed by atoms with van der Waals surface area (Å²) in [5, 5.41) is 0.483. The second-order valence-electron chi connectivity index (χ2n) is 8.39. The summed E-state index contributed by atoms with van der Waals surface area (Å²) in [6, 6.07) is -1.04. The fourth-order valence-electron chi connectivity index (χ4n) is 4.92. The molecule has 3 aliphatic rings. The van der Waals surface area contributed by atoms with Crippen LogP contribution in [0.3, 0.4) is 0 Å². The molecule has 0 spiro atoms. The highest BCUT2D eigenvalue weighted by Gasteiger charge is 2.52. The first-order valence-electron chi connectivity index (χ1n) is 9.77. The van der Waals surface area contributed by atoms with Crippen molar-refractivity contribution in [3.05, 3.63) is 31.4 Å². The van der Waals surface area contributed by atoms with E-state index in [1.807, 2.05) is 0 Å². The maximum Gasteiger partial charge on any atom is 0.393 e. The van der Waals surface area contributed by atoms with Crippen LogP contribution in [0, 0.1) is 11.8 Å². The summed E-state index contributed by atoms with van der Waals surface area (Å²) in [7, 11) is 0. The van der Waals surface area contributed by atoms with Gasteiger partial charge in [0.1, 0.15) is 6.17 Å². The number of H-pyrrole nitrogens is 1. The van der Waals surface area contributed by atoms with Gasteiger partial charge in [-0.05, 0) is 50.3 Å². The van der Waals surface area contributed by atoms with Crippen molar-refractivity contribution < 1.29 is 17.6 Å². The number of hydrogen-bond acceptors (Lipinski definition) is 4. The third-order valence-electron chi connectivity index (χ3n) is 6.54. The lowest BCUT2D eigenvalue weighted by molar-refractivity contribution is -0.179. The zero-order chi connectivity index (χ0) is 21.2. The van der Waals surface area contributed by atoms with Crippen molar-refractivity contribution in [3.8, 4) is 0 Å². The van der Waals surface area contributed by atoms with Gasteiger partial charge >= 0.3 is 11.9 Å². The molecule has 3 N–H and O–H groups in total. The number of halogens is 4. The van der Waals surface area contributed by atoms with E-state index < -0.39 is 41.5 Å². The Morgan fingerprint density at radius 3 is 2.31 bits per heavy atom. The van der Waals surface area contributed by atoms with Gasteiger partial charge in [-0.25, -0.2) is 9.18 Å². The van der Waals surface area contributed by atoms with Crippen molar-refractivity contribution in [2.24, 2.45) is 17.6 Å². The first kappa shape index (κ1) is 20.3. The Morgan fingerprint density at radius 1 is 1.14 bits per heavy atom. The Balaban J connectivity index is 1.89. The first-order chi connectivity index (χ1) is 13.6. The predicted octanol–water partition coefficient (Wildman–Crippen LogP) is 0.00200. The van der Waals surface area contributed by atoms with Gasteiger partial charge in [-0.3, -0.25) is 19.2 Å². The fraction of sp³-hybridized carbons (Fsp3) is 0.684. The van der Waals surface area contributed by atoms with Crippen LogP contribution in [0.4, 0.5) is 17.6 Å². The molecule has 160 valence electrons. The second kappa shape index (κ2) is 6.80. The van der Waals surface area contributed by atoms with Gasteiger partial charge in [0.25, 0.3) is 5.56 Å². The Hall–Kier alpha value is -1.94. The standard InChI is InChI=1S/C19H24F4N4O2/c1-8-13-15(27(11-3-4-11)18(29)25-17(13)28)9(2)16(14(8)20)26-6-10(5-24)12(7-26)19(21,22)23/h10-12,14,16H,3-7,24H2,1-2H3,(H,25,28,29). The largest absolute Gasteiger partial charge is 0.393 e. The van der Waals surface area contributed by atoms with Crippen molar-refractivity contribution >= 4 is 11.1 Å². The molecule has 2 fully saturated rings. The molecule has 2 aliphatic carbocycles. The molecule has 0 radical (unpaired) electrons. The molecule has 1 aliphatic heterocycles. The number of likely N-dealkylation sites (tertiary alicyclic amines) is 1. The van der Waals surface area contributed by atoms with Crippen molar-refractivity contribution in [1.82, 2.24) is 14.5 Å². The lowest BCUT2D eigenvalue weighted by Crippen LogP contribution is -2.61. The van der Waals surface area contributed by atoms with Crippen LogP contribution in [-0.2, 0) is 0 Å². The third kappa shape index (κ3) is 3.16. The van der Waals surface area contributed by atoms with Gasteiger partial charge < -0.3 is 5.73 Å². The minimum absolute atomic E-state index is 0.0164. The zero-order valence-corrected chi connectivity index (χ0v) is 16.2. The number of aromatic nitrogens is 2. The van der Waals surface area contributed by atoms with Gasteiger partial charge in [0.2, 0.25) is 0 Å². The lowest BCUT2D eigenvalue weighted by Gasteiger charge is -2.34. The Bertz CT molecular complexity index is 1070. The molecule has 4 rings (SSSR count). The summed E-state index contributed by atoms with van der Waals surface area (Å²) in [5.41, 5.74) is 4.92. The van der Waals surface area contributed by atoms with Crippen LogP contribution in [0.1, 0.15) is 32.7 Å². The van der Waals surface area contributed by atoms with Crippen LogP contribution >= 0.6 is 0 Å². The normalized spacial score (nSPS) is 30.7. The average molecular weight is 416 g/mol. The molecule has 0 aromatic carbocycles. The molecular weight excluding hydrogens is 392 g/mol. The van der Waals surface area contributed by atoms with Gasteiger partial charge in [-0.15, -0.1) is 0 Å².